The molecule has 53 heavy (non-hydrogen) atoms. The average molecular weight is 740 g/mol. The number of nitro groups is 1. The van der Waals surface area contributed by atoms with Crippen molar-refractivity contribution >= 4 is 53.1 Å². The molecule has 2 atom stereocenters. The van der Waals surface area contributed by atoms with Crippen molar-refractivity contribution in [2.24, 2.45) is 11.7 Å². The van der Waals surface area contributed by atoms with Crippen molar-refractivity contribution in [3.63, 3.8) is 0 Å². The molecular formula is C34H41N7O12. The normalized spacial score (nSPS) is 13.2. The number of nitrogens with one attached hydrogen (secondary N) is 4. The minimum atomic E-state index is -1.08. The number of rotatable bonds is 20. The van der Waals surface area contributed by atoms with Crippen molar-refractivity contribution in [3.05, 3.63) is 76.4 Å². The van der Waals surface area contributed by atoms with Gasteiger partial charge in [0.25, 0.3) is 17.5 Å². The molecule has 0 radical (unpaired) electrons. The molecular weight excluding hydrogens is 698 g/mol. The fraction of sp³-hybridized carbons (Fsp3) is 0.382. The number of benzene rings is 2. The largest absolute Gasteiger partial charge is 0.514 e. The molecule has 0 fully saturated rings. The van der Waals surface area contributed by atoms with Gasteiger partial charge >= 0.3 is 12.2 Å². The maximum atomic E-state index is 13.4. The number of anilines is 1. The number of nitro benzene ring substituents is 1. The molecule has 1 heterocycles. The summed E-state index contributed by atoms with van der Waals surface area (Å²) >= 11 is 0. The summed E-state index contributed by atoms with van der Waals surface area (Å²) in [6, 6.07) is 8.27. The van der Waals surface area contributed by atoms with Crippen molar-refractivity contribution < 1.29 is 52.7 Å². The highest BCUT2D eigenvalue weighted by molar-refractivity contribution is 6.12. The van der Waals surface area contributed by atoms with Crippen LogP contribution in [0.1, 0.15) is 38.7 Å². The maximum Gasteiger partial charge on any atom is 0.514 e. The second-order valence-corrected chi connectivity index (χ2v) is 11.9. The highest BCUT2D eigenvalue weighted by atomic mass is 16.7. The number of urea groups is 1. The third-order valence-electron chi connectivity index (χ3n) is 7.53. The molecule has 7 amide bonds. The van der Waals surface area contributed by atoms with Crippen LogP contribution in [-0.2, 0) is 40.1 Å². The van der Waals surface area contributed by atoms with Gasteiger partial charge in [0.05, 0.1) is 24.7 Å². The Morgan fingerprint density at radius 1 is 0.906 bits per heavy atom. The van der Waals surface area contributed by atoms with Gasteiger partial charge in [0.2, 0.25) is 17.7 Å². The van der Waals surface area contributed by atoms with Gasteiger partial charge in [0, 0.05) is 42.9 Å². The lowest BCUT2D eigenvalue weighted by molar-refractivity contribution is -0.384. The van der Waals surface area contributed by atoms with E-state index in [1.54, 1.807) is 38.1 Å². The van der Waals surface area contributed by atoms with Crippen LogP contribution in [-0.4, -0.2) is 89.9 Å². The number of amides is 7. The Kier molecular flexibility index (Phi) is 15.9. The highest BCUT2D eigenvalue weighted by Gasteiger charge is 2.29. The first-order valence-corrected chi connectivity index (χ1v) is 16.5. The van der Waals surface area contributed by atoms with Gasteiger partial charge in [-0.3, -0.25) is 39.0 Å². The molecule has 6 N–H and O–H groups in total. The molecule has 1 aliphatic heterocycles. The SMILES string of the molecule is CC(C)C(NC(=O)CCOCCN1C(=O)C=CC1=O)C(=O)NC(CCCNC(N)=O)C(=O)Nc1ccc(COC(=O)Oc2ccc([N+](=O)[O-])cc2)cc1. The van der Waals surface area contributed by atoms with Crippen LogP contribution in [0.4, 0.5) is 21.0 Å². The summed E-state index contributed by atoms with van der Waals surface area (Å²) in [5.41, 5.74) is 5.85. The fourth-order valence-corrected chi connectivity index (χ4v) is 4.72. The minimum absolute atomic E-state index is 0.0270. The van der Waals surface area contributed by atoms with Gasteiger partial charge in [0.1, 0.15) is 24.4 Å². The first-order valence-electron chi connectivity index (χ1n) is 16.5. The summed E-state index contributed by atoms with van der Waals surface area (Å²) < 4.78 is 15.5. The second-order valence-electron chi connectivity index (χ2n) is 11.9. The summed E-state index contributed by atoms with van der Waals surface area (Å²) in [5.74, 6) is -2.90. The quantitative estimate of drug-likeness (QED) is 0.0324. The number of hydrogen-bond acceptors (Lipinski definition) is 12. The van der Waals surface area contributed by atoms with E-state index >= 15 is 0 Å². The monoisotopic (exact) mass is 739 g/mol. The number of carbonyl (C=O) groups excluding carboxylic acids is 7. The number of nitrogens with zero attached hydrogens (tertiary/aromatic N) is 2. The Bertz CT molecular complexity index is 1660. The van der Waals surface area contributed by atoms with Gasteiger partial charge in [-0.2, -0.15) is 0 Å². The van der Waals surface area contributed by atoms with E-state index in [2.05, 4.69) is 21.3 Å². The third kappa shape index (κ3) is 14.0. The van der Waals surface area contributed by atoms with Crippen molar-refractivity contribution in [2.45, 2.75) is 51.8 Å². The molecule has 284 valence electrons. The van der Waals surface area contributed by atoms with Gasteiger partial charge in [-0.25, -0.2) is 9.59 Å². The Balaban J connectivity index is 1.52. The molecule has 0 saturated heterocycles. The van der Waals surface area contributed by atoms with Gasteiger partial charge in [-0.1, -0.05) is 26.0 Å². The number of imide groups is 1. The zero-order valence-corrected chi connectivity index (χ0v) is 29.0. The summed E-state index contributed by atoms with van der Waals surface area (Å²) in [6.45, 7) is 3.41. The first-order chi connectivity index (χ1) is 25.2. The lowest BCUT2D eigenvalue weighted by Crippen LogP contribution is -2.54. The second kappa shape index (κ2) is 20.5. The van der Waals surface area contributed by atoms with Crippen LogP contribution in [0.2, 0.25) is 0 Å². The molecule has 3 rings (SSSR count). The summed E-state index contributed by atoms with van der Waals surface area (Å²) in [4.78, 5) is 97.0. The third-order valence-corrected chi connectivity index (χ3v) is 7.53. The number of ether oxygens (including phenoxy) is 3. The topological polar surface area (TPSA) is 268 Å². The summed E-state index contributed by atoms with van der Waals surface area (Å²) in [5, 5.41) is 21.2. The molecule has 0 aromatic heterocycles. The van der Waals surface area contributed by atoms with E-state index in [-0.39, 0.29) is 69.5 Å². The highest BCUT2D eigenvalue weighted by Crippen LogP contribution is 2.18. The molecule has 19 nitrogen and oxygen atoms in total. The predicted octanol–water partition coefficient (Wildman–Crippen LogP) is 1.65. The van der Waals surface area contributed by atoms with Gasteiger partial charge in [-0.05, 0) is 48.6 Å². The molecule has 0 aliphatic carbocycles. The number of carbonyl (C=O) groups is 7. The molecule has 1 aliphatic rings. The van der Waals surface area contributed by atoms with E-state index < -0.39 is 58.7 Å². The lowest BCUT2D eigenvalue weighted by atomic mass is 10.0. The Morgan fingerprint density at radius 2 is 1.57 bits per heavy atom. The van der Waals surface area contributed by atoms with Gasteiger partial charge < -0.3 is 41.2 Å². The fourth-order valence-electron chi connectivity index (χ4n) is 4.72. The van der Waals surface area contributed by atoms with Crippen molar-refractivity contribution in [1.29, 1.82) is 0 Å². The zero-order valence-electron chi connectivity index (χ0n) is 29.0. The zero-order chi connectivity index (χ0) is 38.9. The van der Waals surface area contributed by atoms with Crippen LogP contribution in [0.5, 0.6) is 5.75 Å². The van der Waals surface area contributed by atoms with Crippen molar-refractivity contribution in [1.82, 2.24) is 20.9 Å². The van der Waals surface area contributed by atoms with E-state index in [9.17, 15) is 43.7 Å². The molecule has 0 spiro atoms. The van der Waals surface area contributed by atoms with Crippen LogP contribution in [0.25, 0.3) is 0 Å². The van der Waals surface area contributed by atoms with E-state index in [0.29, 0.717) is 11.3 Å². The average Bonchev–Trinajstić information content (AvgIpc) is 3.43. The molecule has 0 bridgehead atoms. The molecule has 2 unspecified atom stereocenters. The maximum absolute atomic E-state index is 13.4. The van der Waals surface area contributed by atoms with E-state index in [1.165, 1.54) is 24.3 Å². The van der Waals surface area contributed by atoms with Crippen LogP contribution in [0, 0.1) is 16.0 Å². The van der Waals surface area contributed by atoms with Crippen LogP contribution >= 0.6 is 0 Å². The van der Waals surface area contributed by atoms with E-state index in [4.69, 9.17) is 19.9 Å². The summed E-state index contributed by atoms with van der Waals surface area (Å²) in [7, 11) is 0. The molecule has 0 saturated carbocycles. The van der Waals surface area contributed by atoms with E-state index in [1.807, 2.05) is 0 Å². The van der Waals surface area contributed by atoms with Gasteiger partial charge in [0.15, 0.2) is 0 Å². The lowest BCUT2D eigenvalue weighted by Gasteiger charge is -2.25. The molecule has 19 heteroatoms. The van der Waals surface area contributed by atoms with Gasteiger partial charge in [-0.15, -0.1) is 0 Å². The molecule has 2 aromatic rings. The number of non-ortho nitro benzene ring substituents is 1. The first kappa shape index (κ1) is 41.1. The number of hydrogen-bond donors (Lipinski definition) is 5. The smallest absolute Gasteiger partial charge is 0.429 e. The summed E-state index contributed by atoms with van der Waals surface area (Å²) in [6.07, 6.45) is 1.55. The predicted molar refractivity (Wildman–Crippen MR) is 186 cm³/mol. The van der Waals surface area contributed by atoms with Crippen molar-refractivity contribution in [2.75, 3.05) is 31.6 Å². The minimum Gasteiger partial charge on any atom is -0.429 e. The molecule has 2 aromatic carbocycles. The Morgan fingerprint density at radius 3 is 2.17 bits per heavy atom. The van der Waals surface area contributed by atoms with Crippen LogP contribution in [0.3, 0.4) is 0 Å². The van der Waals surface area contributed by atoms with Crippen molar-refractivity contribution in [3.8, 4) is 5.75 Å². The van der Waals surface area contributed by atoms with Crippen LogP contribution in [0.15, 0.2) is 60.7 Å². The number of primary amides is 1. The van der Waals surface area contributed by atoms with E-state index in [0.717, 1.165) is 17.1 Å². The Hall–Kier alpha value is -6.37. The Labute approximate surface area is 303 Å². The van der Waals surface area contributed by atoms with Crippen LogP contribution < -0.4 is 31.7 Å². The number of nitrogens with two attached hydrogens (primary N) is 1. The standard InChI is InChI=1S/C34H41N7O12/c1-21(2)30(39-27(42)15-18-51-19-17-40-28(43)13-14-29(40)44)32(46)38-26(4-3-16-36-33(35)47)31(45)37-23-7-5-22(6-8-23)20-52-34(48)53-25-11-9-24(10-12-25)41(49)50/h5-14,21,26,30H,3-4,15-20H2,1-2H3,(H,37,45)(H,38,46)(H,39,42)(H3,35,36,47).